The highest BCUT2D eigenvalue weighted by Crippen LogP contribution is 2.52. The number of rotatable bonds is 1. The van der Waals surface area contributed by atoms with Gasteiger partial charge in [0.05, 0.1) is 11.4 Å². The van der Waals surface area contributed by atoms with Gasteiger partial charge in [-0.25, -0.2) is 0 Å². The van der Waals surface area contributed by atoms with E-state index in [9.17, 15) is 0 Å². The third-order valence-electron chi connectivity index (χ3n) is 11.0. The van der Waals surface area contributed by atoms with E-state index in [4.69, 9.17) is 9.47 Å². The average molecular weight is 634 g/mol. The molecule has 1 aliphatic carbocycles. The number of nitrogens with zero attached hydrogens (tertiary/aromatic N) is 1. The lowest BCUT2D eigenvalue weighted by molar-refractivity contribution is 0.330. The van der Waals surface area contributed by atoms with Gasteiger partial charge in [0, 0.05) is 27.0 Å². The Balaban J connectivity index is 1.27. The minimum atomic E-state index is -0.0586. The molecule has 5 aromatic rings. The number of para-hydroxylation sites is 2. The van der Waals surface area contributed by atoms with Crippen LogP contribution in [-0.4, -0.2) is 6.71 Å². The predicted octanol–water partition coefficient (Wildman–Crippen LogP) is 10.00. The first-order chi connectivity index (χ1) is 22.4. The normalized spacial score (nSPS) is 17.6. The topological polar surface area (TPSA) is 21.7 Å². The molecule has 0 saturated carbocycles. The van der Waals surface area contributed by atoms with E-state index in [0.29, 0.717) is 0 Å². The minimum Gasteiger partial charge on any atom is -0.458 e. The second-order valence-corrected chi connectivity index (χ2v) is 17.2. The van der Waals surface area contributed by atoms with Crippen molar-refractivity contribution in [3.05, 3.63) is 108 Å². The summed E-state index contributed by atoms with van der Waals surface area (Å²) in [4.78, 5) is 4.89. The van der Waals surface area contributed by atoms with Gasteiger partial charge in [0.1, 0.15) is 23.0 Å². The van der Waals surface area contributed by atoms with Crippen molar-refractivity contribution in [3.63, 3.8) is 0 Å². The van der Waals surface area contributed by atoms with Crippen LogP contribution in [0.4, 0.5) is 17.1 Å². The van der Waals surface area contributed by atoms with E-state index in [2.05, 4.69) is 144 Å². The van der Waals surface area contributed by atoms with Crippen LogP contribution >= 0.6 is 11.8 Å². The highest BCUT2D eigenvalue weighted by molar-refractivity contribution is 7.99. The Morgan fingerprint density at radius 1 is 0.638 bits per heavy atom. The van der Waals surface area contributed by atoms with E-state index in [-0.39, 0.29) is 23.0 Å². The minimum absolute atomic E-state index is 0.0261. The van der Waals surface area contributed by atoms with Crippen molar-refractivity contribution in [2.24, 2.45) is 0 Å². The summed E-state index contributed by atoms with van der Waals surface area (Å²) in [6.45, 7) is 16.4. The van der Waals surface area contributed by atoms with Crippen molar-refractivity contribution < 1.29 is 9.47 Å². The number of fused-ring (bicyclic) bond motifs is 7. The lowest BCUT2D eigenvalue weighted by atomic mass is 9.34. The van der Waals surface area contributed by atoms with E-state index < -0.39 is 0 Å². The third-order valence-corrected chi connectivity index (χ3v) is 12.1. The van der Waals surface area contributed by atoms with E-state index in [0.717, 1.165) is 34.1 Å². The molecule has 5 heteroatoms. The van der Waals surface area contributed by atoms with Gasteiger partial charge in [0.15, 0.2) is 0 Å². The first-order valence-corrected chi connectivity index (χ1v) is 17.7. The maximum absolute atomic E-state index is 6.96. The second kappa shape index (κ2) is 9.73. The van der Waals surface area contributed by atoms with Crippen molar-refractivity contribution in [1.82, 2.24) is 0 Å². The van der Waals surface area contributed by atoms with Gasteiger partial charge in [-0.2, -0.15) is 0 Å². The number of anilines is 3. The van der Waals surface area contributed by atoms with Gasteiger partial charge in [-0.3, -0.25) is 0 Å². The van der Waals surface area contributed by atoms with Crippen LogP contribution in [0.25, 0.3) is 0 Å². The molecule has 0 unspecified atom stereocenters. The molecule has 9 rings (SSSR count). The lowest BCUT2D eigenvalue weighted by Crippen LogP contribution is -2.58. The first kappa shape index (κ1) is 29.1. The smallest absolute Gasteiger partial charge is 0.260 e. The second-order valence-electron chi connectivity index (χ2n) is 16.1. The van der Waals surface area contributed by atoms with Gasteiger partial charge in [0.2, 0.25) is 0 Å². The van der Waals surface area contributed by atoms with E-state index in [1.807, 2.05) is 11.8 Å². The molecule has 3 heterocycles. The summed E-state index contributed by atoms with van der Waals surface area (Å²) in [7, 11) is 0. The Morgan fingerprint density at radius 2 is 1.19 bits per heavy atom. The fraction of sp³-hybridized carbons (Fsp3) is 0.286. The van der Waals surface area contributed by atoms with Crippen molar-refractivity contribution in [2.45, 2.75) is 87.3 Å². The Morgan fingerprint density at radius 3 is 1.79 bits per heavy atom. The quantitative estimate of drug-likeness (QED) is 0.168. The predicted molar refractivity (Wildman–Crippen MR) is 197 cm³/mol. The third kappa shape index (κ3) is 4.35. The Hall–Kier alpha value is -4.09. The number of hydrogen-bond donors (Lipinski definition) is 0. The summed E-state index contributed by atoms with van der Waals surface area (Å²) in [6, 6.07) is 33.6. The molecular formula is C42H40BNO2S. The molecule has 3 nitrogen and oxygen atoms in total. The van der Waals surface area contributed by atoms with Gasteiger partial charge in [0.25, 0.3) is 6.71 Å². The van der Waals surface area contributed by atoms with E-state index in [1.165, 1.54) is 61.6 Å². The fourth-order valence-electron chi connectivity index (χ4n) is 8.10. The standard InChI is InChI=1S/C42H40BNO2S/c1-40(2,3)25-20-35-39-36(21-25)46-34-24-28-27(41(4,5)18-19-42(28,6)7)23-30(34)43(39)29-17-16-26(22-33(29)45-35)44-31-12-8-10-14-37(31)47-38-15-11-9-13-32(38)44/h8-17,20-24H,18-19H2,1-7H3. The van der Waals surface area contributed by atoms with Crippen LogP contribution in [0.2, 0.25) is 0 Å². The van der Waals surface area contributed by atoms with Gasteiger partial charge in [-0.1, -0.05) is 96.6 Å². The summed E-state index contributed by atoms with van der Waals surface area (Å²) in [5, 5.41) is 0. The summed E-state index contributed by atoms with van der Waals surface area (Å²) < 4.78 is 13.9. The molecule has 0 bridgehead atoms. The number of hydrogen-bond acceptors (Lipinski definition) is 4. The highest BCUT2D eigenvalue weighted by atomic mass is 32.2. The zero-order valence-corrected chi connectivity index (χ0v) is 29.1. The van der Waals surface area contributed by atoms with Crippen LogP contribution < -0.4 is 30.8 Å². The molecule has 234 valence electrons. The van der Waals surface area contributed by atoms with Gasteiger partial charge in [-0.05, 0) is 105 Å². The van der Waals surface area contributed by atoms with E-state index >= 15 is 0 Å². The van der Waals surface area contributed by atoms with Crippen molar-refractivity contribution in [2.75, 3.05) is 4.90 Å². The van der Waals surface area contributed by atoms with Crippen molar-refractivity contribution >= 4 is 51.9 Å². The van der Waals surface area contributed by atoms with Crippen LogP contribution in [-0.2, 0) is 16.2 Å². The van der Waals surface area contributed by atoms with Crippen LogP contribution in [0.15, 0.2) is 101 Å². The van der Waals surface area contributed by atoms with Crippen LogP contribution in [0, 0.1) is 0 Å². The molecule has 0 N–H and O–H groups in total. The molecule has 0 amide bonds. The SMILES string of the molecule is CC(C)(C)c1cc2c3c(c1)Oc1cc4c(cc1B3c1ccc(N3c5ccccc5Sc5ccccc53)cc1O2)C(C)(C)CCC4(C)C. The largest absolute Gasteiger partial charge is 0.458 e. The zero-order chi connectivity index (χ0) is 32.5. The Bertz CT molecular complexity index is 2100. The summed E-state index contributed by atoms with van der Waals surface area (Å²) in [6.07, 6.45) is 2.35. The van der Waals surface area contributed by atoms with Gasteiger partial charge < -0.3 is 14.4 Å². The van der Waals surface area contributed by atoms with Crippen molar-refractivity contribution in [3.8, 4) is 23.0 Å². The maximum Gasteiger partial charge on any atom is 0.260 e. The van der Waals surface area contributed by atoms with E-state index in [1.54, 1.807) is 0 Å². The molecule has 0 radical (unpaired) electrons. The highest BCUT2D eigenvalue weighted by Gasteiger charge is 2.45. The summed E-state index contributed by atoms with van der Waals surface area (Å²) >= 11 is 1.83. The molecule has 0 aromatic heterocycles. The average Bonchev–Trinajstić information content (AvgIpc) is 3.04. The zero-order valence-electron chi connectivity index (χ0n) is 28.3. The van der Waals surface area contributed by atoms with Crippen LogP contribution in [0.1, 0.15) is 78.0 Å². The maximum atomic E-state index is 6.96. The Labute approximate surface area is 283 Å². The molecule has 0 fully saturated rings. The van der Waals surface area contributed by atoms with Gasteiger partial charge in [-0.15, -0.1) is 0 Å². The lowest BCUT2D eigenvalue weighted by Gasteiger charge is -2.43. The molecule has 5 aromatic carbocycles. The fourth-order valence-corrected chi connectivity index (χ4v) is 9.16. The number of benzene rings is 5. The molecule has 47 heavy (non-hydrogen) atoms. The molecule has 0 saturated heterocycles. The Kier molecular flexibility index (Phi) is 6.02. The summed E-state index contributed by atoms with van der Waals surface area (Å²) in [5.41, 5.74) is 11.3. The first-order valence-electron chi connectivity index (χ1n) is 16.9. The van der Waals surface area contributed by atoms with Crippen molar-refractivity contribution in [1.29, 1.82) is 0 Å². The monoisotopic (exact) mass is 633 g/mol. The summed E-state index contributed by atoms with van der Waals surface area (Å²) in [5.74, 6) is 3.72. The van der Waals surface area contributed by atoms with Crippen LogP contribution in [0.3, 0.4) is 0 Å². The molecule has 0 spiro atoms. The molecule has 3 aliphatic heterocycles. The molecular weight excluding hydrogens is 593 g/mol. The van der Waals surface area contributed by atoms with Gasteiger partial charge >= 0.3 is 0 Å². The van der Waals surface area contributed by atoms with Crippen LogP contribution in [0.5, 0.6) is 23.0 Å². The molecule has 0 atom stereocenters. The molecule has 4 aliphatic rings. The number of ether oxygens (including phenoxy) is 2.